The van der Waals surface area contributed by atoms with Crippen LogP contribution in [0.5, 0.6) is 11.5 Å². The van der Waals surface area contributed by atoms with Crippen molar-refractivity contribution >= 4 is 35.3 Å². The minimum atomic E-state index is -4.64. The van der Waals surface area contributed by atoms with Crippen molar-refractivity contribution in [2.45, 2.75) is 6.18 Å². The van der Waals surface area contributed by atoms with Gasteiger partial charge in [-0.15, -0.1) is 0 Å². The number of halogens is 4. The first-order chi connectivity index (χ1) is 18.1. The fraction of sp³-hybridized carbons (Fsp3) is 0.120. The number of benzene rings is 3. The van der Waals surface area contributed by atoms with E-state index in [0.717, 1.165) is 18.2 Å². The number of nitrogens with one attached hydrogen (secondary N) is 3. The summed E-state index contributed by atoms with van der Waals surface area (Å²) >= 11 is 0. The molecule has 0 atom stereocenters. The molecular formula is C25H20F4N4O5. The highest BCUT2D eigenvalue weighted by molar-refractivity contribution is 6.39. The summed E-state index contributed by atoms with van der Waals surface area (Å²) in [6, 6.07) is 14.1. The van der Waals surface area contributed by atoms with Crippen LogP contribution in [0, 0.1) is 5.82 Å². The highest BCUT2D eigenvalue weighted by Gasteiger charge is 2.33. The van der Waals surface area contributed by atoms with Gasteiger partial charge < -0.3 is 20.1 Å². The van der Waals surface area contributed by atoms with Gasteiger partial charge in [0, 0.05) is 0 Å². The number of para-hydroxylation sites is 2. The molecule has 0 aromatic heterocycles. The predicted molar refractivity (Wildman–Crippen MR) is 129 cm³/mol. The molecule has 9 nitrogen and oxygen atoms in total. The van der Waals surface area contributed by atoms with E-state index in [9.17, 15) is 31.9 Å². The van der Waals surface area contributed by atoms with E-state index in [0.29, 0.717) is 5.56 Å². The Bertz CT molecular complexity index is 1360. The Morgan fingerprint density at radius 3 is 2.26 bits per heavy atom. The minimum Gasteiger partial charge on any atom is -0.493 e. The van der Waals surface area contributed by atoms with Crippen LogP contribution in [0.25, 0.3) is 0 Å². The largest absolute Gasteiger partial charge is 0.493 e. The maximum atomic E-state index is 13.6. The summed E-state index contributed by atoms with van der Waals surface area (Å²) in [5.41, 5.74) is 0.817. The number of anilines is 2. The summed E-state index contributed by atoms with van der Waals surface area (Å²) in [6.45, 7) is -0.608. The maximum Gasteiger partial charge on any atom is 0.418 e. The number of carbonyl (C=O) groups excluding carboxylic acids is 3. The minimum absolute atomic E-state index is 0.109. The van der Waals surface area contributed by atoms with Crippen molar-refractivity contribution in [1.29, 1.82) is 0 Å². The van der Waals surface area contributed by atoms with Crippen molar-refractivity contribution in [3.8, 4) is 11.5 Å². The number of hydrogen-bond acceptors (Lipinski definition) is 6. The van der Waals surface area contributed by atoms with Crippen molar-refractivity contribution in [2.75, 3.05) is 24.4 Å². The number of nitrogens with zero attached hydrogens (tertiary/aromatic N) is 1. The molecular weight excluding hydrogens is 512 g/mol. The number of methoxy groups -OCH3 is 1. The number of ether oxygens (including phenoxy) is 2. The summed E-state index contributed by atoms with van der Waals surface area (Å²) in [6.07, 6.45) is -3.46. The zero-order chi connectivity index (χ0) is 27.7. The van der Waals surface area contributed by atoms with Gasteiger partial charge in [-0.2, -0.15) is 18.3 Å². The maximum absolute atomic E-state index is 13.6. The first kappa shape index (κ1) is 27.6. The Morgan fingerprint density at radius 2 is 1.58 bits per heavy atom. The van der Waals surface area contributed by atoms with Gasteiger partial charge in [0.15, 0.2) is 18.1 Å². The number of carbonyl (C=O) groups is 3. The van der Waals surface area contributed by atoms with Gasteiger partial charge in [-0.3, -0.25) is 14.4 Å². The zero-order valence-electron chi connectivity index (χ0n) is 19.6. The van der Waals surface area contributed by atoms with Crippen molar-refractivity contribution in [3.63, 3.8) is 0 Å². The molecule has 0 fully saturated rings. The molecule has 0 aliphatic carbocycles. The normalized spacial score (nSPS) is 11.1. The van der Waals surface area contributed by atoms with Gasteiger partial charge in [-0.05, 0) is 48.0 Å². The van der Waals surface area contributed by atoms with Crippen molar-refractivity contribution in [1.82, 2.24) is 5.43 Å². The standard InChI is InChI=1S/C25H20F4N4O5/c1-37-21-12-15(13-30-33-24(36)23(35)32-19-9-5-3-7-17(19)26)10-11-20(21)38-14-22(34)31-18-8-4-2-6-16(18)25(27,28)29/h2-13H,14H2,1H3,(H,31,34)(H,32,35)(H,33,36)/b30-13-. The molecule has 0 bridgehead atoms. The fourth-order valence-corrected chi connectivity index (χ4v) is 3.01. The Kier molecular flexibility index (Phi) is 8.98. The lowest BCUT2D eigenvalue weighted by Gasteiger charge is -2.14. The van der Waals surface area contributed by atoms with Gasteiger partial charge >= 0.3 is 18.0 Å². The van der Waals surface area contributed by atoms with Crippen molar-refractivity contribution < 1.29 is 41.4 Å². The lowest BCUT2D eigenvalue weighted by atomic mass is 10.1. The fourth-order valence-electron chi connectivity index (χ4n) is 3.01. The Morgan fingerprint density at radius 1 is 0.895 bits per heavy atom. The molecule has 0 unspecified atom stereocenters. The van der Waals surface area contributed by atoms with Gasteiger partial charge in [0.05, 0.1) is 30.3 Å². The number of hydrazone groups is 1. The van der Waals surface area contributed by atoms with Crippen LogP contribution in [0.3, 0.4) is 0 Å². The molecule has 3 N–H and O–H groups in total. The molecule has 3 aromatic rings. The van der Waals surface area contributed by atoms with Crippen LogP contribution in [0.1, 0.15) is 11.1 Å². The SMILES string of the molecule is COc1cc(/C=N\NC(=O)C(=O)Nc2ccccc2F)ccc1OCC(=O)Nc1ccccc1C(F)(F)F. The highest BCUT2D eigenvalue weighted by Crippen LogP contribution is 2.34. The molecule has 0 aliphatic rings. The second-order valence-electron chi connectivity index (χ2n) is 7.42. The predicted octanol–water partition coefficient (Wildman–Crippen LogP) is 3.96. The molecule has 3 rings (SSSR count). The molecule has 13 heteroatoms. The third-order valence-electron chi connectivity index (χ3n) is 4.76. The molecule has 0 saturated heterocycles. The molecule has 3 aromatic carbocycles. The smallest absolute Gasteiger partial charge is 0.418 e. The van der Waals surface area contributed by atoms with E-state index >= 15 is 0 Å². The first-order valence-electron chi connectivity index (χ1n) is 10.7. The molecule has 0 aliphatic heterocycles. The molecule has 38 heavy (non-hydrogen) atoms. The average Bonchev–Trinajstić information content (AvgIpc) is 2.88. The van der Waals surface area contributed by atoms with E-state index < -0.39 is 47.6 Å². The zero-order valence-corrected chi connectivity index (χ0v) is 19.6. The molecule has 0 spiro atoms. The molecule has 0 radical (unpaired) electrons. The summed E-state index contributed by atoms with van der Waals surface area (Å²) in [4.78, 5) is 35.9. The molecule has 198 valence electrons. The third-order valence-corrected chi connectivity index (χ3v) is 4.76. The highest BCUT2D eigenvalue weighted by atomic mass is 19.4. The van der Waals surface area contributed by atoms with E-state index in [-0.39, 0.29) is 17.2 Å². The summed E-state index contributed by atoms with van der Waals surface area (Å²) in [5.74, 6) is -3.56. The van der Waals surface area contributed by atoms with E-state index in [2.05, 4.69) is 15.7 Å². The lowest BCUT2D eigenvalue weighted by molar-refractivity contribution is -0.137. The van der Waals surface area contributed by atoms with Crippen LogP contribution in [-0.2, 0) is 20.6 Å². The number of amides is 3. The third kappa shape index (κ3) is 7.53. The molecule has 3 amide bonds. The van der Waals surface area contributed by atoms with Gasteiger partial charge in [0.2, 0.25) is 0 Å². The van der Waals surface area contributed by atoms with E-state index in [1.54, 1.807) is 0 Å². The monoisotopic (exact) mass is 532 g/mol. The van der Waals surface area contributed by atoms with Crippen LogP contribution in [0.4, 0.5) is 28.9 Å². The second kappa shape index (κ2) is 12.3. The van der Waals surface area contributed by atoms with E-state index in [4.69, 9.17) is 9.47 Å². The Balaban J connectivity index is 1.56. The summed E-state index contributed by atoms with van der Waals surface area (Å²) < 4.78 is 63.4. The quantitative estimate of drug-likeness (QED) is 0.176. The van der Waals surface area contributed by atoms with E-state index in [1.807, 2.05) is 5.43 Å². The Hall–Kier alpha value is -4.94. The van der Waals surface area contributed by atoms with E-state index in [1.165, 1.54) is 61.9 Å². The van der Waals surface area contributed by atoms with Gasteiger partial charge in [-0.1, -0.05) is 24.3 Å². The van der Waals surface area contributed by atoms with Crippen molar-refractivity contribution in [2.24, 2.45) is 5.10 Å². The molecule has 0 heterocycles. The Labute approximate surface area is 213 Å². The van der Waals surface area contributed by atoms with Gasteiger partial charge in [0.25, 0.3) is 5.91 Å². The van der Waals surface area contributed by atoms with Crippen LogP contribution in [-0.4, -0.2) is 37.7 Å². The van der Waals surface area contributed by atoms with Crippen molar-refractivity contribution in [3.05, 3.63) is 83.7 Å². The second-order valence-corrected chi connectivity index (χ2v) is 7.42. The van der Waals surface area contributed by atoms with Gasteiger partial charge in [-0.25, -0.2) is 9.82 Å². The lowest BCUT2D eigenvalue weighted by Crippen LogP contribution is -2.32. The number of alkyl halides is 3. The average molecular weight is 532 g/mol. The van der Waals surface area contributed by atoms with Crippen LogP contribution in [0.2, 0.25) is 0 Å². The molecule has 0 saturated carbocycles. The van der Waals surface area contributed by atoms with Crippen LogP contribution < -0.4 is 25.5 Å². The number of hydrogen-bond donors (Lipinski definition) is 3. The topological polar surface area (TPSA) is 118 Å². The summed E-state index contributed by atoms with van der Waals surface area (Å²) in [7, 11) is 1.32. The van der Waals surface area contributed by atoms with Crippen LogP contribution in [0.15, 0.2) is 71.8 Å². The summed E-state index contributed by atoms with van der Waals surface area (Å²) in [5, 5.41) is 7.92. The first-order valence-corrected chi connectivity index (χ1v) is 10.7. The van der Waals surface area contributed by atoms with Gasteiger partial charge in [0.1, 0.15) is 5.82 Å². The number of rotatable bonds is 8. The van der Waals surface area contributed by atoms with Crippen LogP contribution >= 0.6 is 0 Å².